The Hall–Kier alpha value is -1.67. The molecule has 2 heteroatoms. The first-order valence-electron chi connectivity index (χ1n) is 6.05. The maximum Gasteiger partial charge on any atom is 0.0346 e. The lowest BCUT2D eigenvalue weighted by molar-refractivity contribution is 0.713. The molecule has 0 amide bonds. The highest BCUT2D eigenvalue weighted by Crippen LogP contribution is 2.36. The molecular weight excluding hydrogens is 208 g/mol. The van der Waals surface area contributed by atoms with Crippen LogP contribution < -0.4 is 5.73 Å². The molecule has 1 aromatic heterocycles. The van der Waals surface area contributed by atoms with Crippen LogP contribution in [0, 0.1) is 6.92 Å². The first kappa shape index (κ1) is 10.5. The number of nitrogens with two attached hydrogens (primary N) is 1. The summed E-state index contributed by atoms with van der Waals surface area (Å²) in [6.45, 7) is 2.07. The minimum Gasteiger partial charge on any atom is -0.324 e. The molecule has 86 valence electrons. The second kappa shape index (κ2) is 3.97. The molecule has 1 atom stereocenters. The Labute approximate surface area is 102 Å². The van der Waals surface area contributed by atoms with E-state index in [4.69, 9.17) is 5.73 Å². The Balaban J connectivity index is 2.17. The number of pyridine rings is 1. The van der Waals surface area contributed by atoms with Crippen LogP contribution in [0.2, 0.25) is 0 Å². The zero-order valence-electron chi connectivity index (χ0n) is 9.98. The number of rotatable bonds is 1. The van der Waals surface area contributed by atoms with Gasteiger partial charge < -0.3 is 5.73 Å². The van der Waals surface area contributed by atoms with E-state index in [2.05, 4.69) is 36.2 Å². The van der Waals surface area contributed by atoms with Gasteiger partial charge in [-0.15, -0.1) is 0 Å². The van der Waals surface area contributed by atoms with Crippen molar-refractivity contribution in [1.82, 2.24) is 4.98 Å². The number of benzene rings is 1. The SMILES string of the molecule is Cc1cncc(-c2cccc3c2CCC3N)c1. The lowest BCUT2D eigenvalue weighted by Crippen LogP contribution is -2.04. The number of hydrogen-bond donors (Lipinski definition) is 1. The second-order valence-corrected chi connectivity index (χ2v) is 4.77. The van der Waals surface area contributed by atoms with Gasteiger partial charge in [-0.05, 0) is 48.1 Å². The van der Waals surface area contributed by atoms with E-state index in [9.17, 15) is 0 Å². The second-order valence-electron chi connectivity index (χ2n) is 4.77. The van der Waals surface area contributed by atoms with Crippen molar-refractivity contribution in [3.05, 3.63) is 53.3 Å². The number of aromatic nitrogens is 1. The van der Waals surface area contributed by atoms with Gasteiger partial charge in [0.25, 0.3) is 0 Å². The molecule has 0 radical (unpaired) electrons. The maximum absolute atomic E-state index is 6.11. The lowest BCUT2D eigenvalue weighted by Gasteiger charge is -2.10. The molecule has 17 heavy (non-hydrogen) atoms. The van der Waals surface area contributed by atoms with Crippen molar-refractivity contribution in [2.75, 3.05) is 0 Å². The molecular formula is C15H16N2. The molecule has 2 nitrogen and oxygen atoms in total. The summed E-state index contributed by atoms with van der Waals surface area (Å²) >= 11 is 0. The van der Waals surface area contributed by atoms with Crippen molar-refractivity contribution in [2.45, 2.75) is 25.8 Å². The van der Waals surface area contributed by atoms with E-state index in [0.29, 0.717) is 0 Å². The van der Waals surface area contributed by atoms with Crippen molar-refractivity contribution in [1.29, 1.82) is 0 Å². The van der Waals surface area contributed by atoms with Crippen molar-refractivity contribution in [3.63, 3.8) is 0 Å². The average molecular weight is 224 g/mol. The summed E-state index contributed by atoms with van der Waals surface area (Å²) in [4.78, 5) is 4.27. The van der Waals surface area contributed by atoms with E-state index < -0.39 is 0 Å². The molecule has 2 N–H and O–H groups in total. The fraction of sp³-hybridized carbons (Fsp3) is 0.267. The van der Waals surface area contributed by atoms with Crippen LogP contribution in [0.4, 0.5) is 0 Å². The topological polar surface area (TPSA) is 38.9 Å². The number of hydrogen-bond acceptors (Lipinski definition) is 2. The Bertz CT molecular complexity index is 561. The van der Waals surface area contributed by atoms with Gasteiger partial charge in [-0.25, -0.2) is 0 Å². The van der Waals surface area contributed by atoms with Gasteiger partial charge in [0.15, 0.2) is 0 Å². The predicted octanol–water partition coefficient (Wildman–Crippen LogP) is 3.00. The Kier molecular flexibility index (Phi) is 2.45. The van der Waals surface area contributed by atoms with E-state index in [0.717, 1.165) is 12.8 Å². The van der Waals surface area contributed by atoms with Crippen molar-refractivity contribution >= 4 is 0 Å². The Morgan fingerprint density at radius 1 is 1.29 bits per heavy atom. The molecule has 1 unspecified atom stereocenters. The summed E-state index contributed by atoms with van der Waals surface area (Å²) in [6, 6.07) is 8.82. The standard InChI is InChI=1S/C15H16N2/c1-10-7-11(9-17-8-10)12-3-2-4-14-13(12)5-6-15(14)16/h2-4,7-9,15H,5-6,16H2,1H3. The van der Waals surface area contributed by atoms with Gasteiger partial charge >= 0.3 is 0 Å². The Morgan fingerprint density at radius 3 is 3.00 bits per heavy atom. The van der Waals surface area contributed by atoms with Crippen LogP contribution in [-0.2, 0) is 6.42 Å². The highest BCUT2D eigenvalue weighted by molar-refractivity contribution is 5.69. The zero-order valence-corrected chi connectivity index (χ0v) is 9.98. The normalized spacial score (nSPS) is 18.1. The van der Waals surface area contributed by atoms with Crippen LogP contribution in [0.1, 0.15) is 29.2 Å². The molecule has 0 saturated carbocycles. The minimum atomic E-state index is 0.211. The summed E-state index contributed by atoms with van der Waals surface area (Å²) in [5, 5.41) is 0. The molecule has 0 spiro atoms. The monoisotopic (exact) mass is 224 g/mol. The third kappa shape index (κ3) is 1.75. The molecule has 1 aromatic carbocycles. The third-order valence-electron chi connectivity index (χ3n) is 3.50. The molecule has 0 bridgehead atoms. The van der Waals surface area contributed by atoms with Crippen LogP contribution in [0.25, 0.3) is 11.1 Å². The zero-order chi connectivity index (χ0) is 11.8. The van der Waals surface area contributed by atoms with Crippen LogP contribution in [0.15, 0.2) is 36.7 Å². The summed E-state index contributed by atoms with van der Waals surface area (Å²) in [5.41, 5.74) is 12.5. The largest absolute Gasteiger partial charge is 0.324 e. The number of aryl methyl sites for hydroxylation is 1. The average Bonchev–Trinajstić information content (AvgIpc) is 2.71. The molecule has 1 aliphatic rings. The molecule has 1 heterocycles. The van der Waals surface area contributed by atoms with Gasteiger partial charge in [-0.3, -0.25) is 4.98 Å². The van der Waals surface area contributed by atoms with E-state index >= 15 is 0 Å². The minimum absolute atomic E-state index is 0.211. The number of nitrogens with zero attached hydrogens (tertiary/aromatic N) is 1. The fourth-order valence-corrected chi connectivity index (χ4v) is 2.66. The summed E-state index contributed by atoms with van der Waals surface area (Å²) in [6.07, 6.45) is 5.97. The molecule has 0 saturated heterocycles. The maximum atomic E-state index is 6.11. The first-order valence-corrected chi connectivity index (χ1v) is 6.05. The van der Waals surface area contributed by atoms with Crippen LogP contribution >= 0.6 is 0 Å². The quantitative estimate of drug-likeness (QED) is 0.808. The molecule has 3 rings (SSSR count). The smallest absolute Gasteiger partial charge is 0.0346 e. The molecule has 1 aliphatic carbocycles. The van der Waals surface area contributed by atoms with E-state index in [1.54, 1.807) is 0 Å². The van der Waals surface area contributed by atoms with Gasteiger partial charge in [0.05, 0.1) is 0 Å². The van der Waals surface area contributed by atoms with Crippen molar-refractivity contribution in [3.8, 4) is 11.1 Å². The van der Waals surface area contributed by atoms with E-state index in [-0.39, 0.29) is 6.04 Å². The van der Waals surface area contributed by atoms with E-state index in [1.807, 2.05) is 12.4 Å². The van der Waals surface area contributed by atoms with Crippen LogP contribution in [0.5, 0.6) is 0 Å². The molecule has 0 aliphatic heterocycles. The molecule has 2 aromatic rings. The lowest BCUT2D eigenvalue weighted by atomic mass is 9.97. The van der Waals surface area contributed by atoms with Gasteiger partial charge in [-0.1, -0.05) is 18.2 Å². The summed E-state index contributed by atoms with van der Waals surface area (Å²) in [7, 11) is 0. The Morgan fingerprint density at radius 2 is 2.18 bits per heavy atom. The first-order chi connectivity index (χ1) is 8.25. The van der Waals surface area contributed by atoms with Gasteiger partial charge in [0.1, 0.15) is 0 Å². The third-order valence-corrected chi connectivity index (χ3v) is 3.50. The highest BCUT2D eigenvalue weighted by atomic mass is 14.6. The fourth-order valence-electron chi connectivity index (χ4n) is 2.66. The number of fused-ring (bicyclic) bond motifs is 1. The summed E-state index contributed by atoms with van der Waals surface area (Å²) in [5.74, 6) is 0. The molecule has 0 fully saturated rings. The van der Waals surface area contributed by atoms with Crippen molar-refractivity contribution in [2.24, 2.45) is 5.73 Å². The van der Waals surface area contributed by atoms with Crippen LogP contribution in [-0.4, -0.2) is 4.98 Å². The van der Waals surface area contributed by atoms with Gasteiger partial charge in [-0.2, -0.15) is 0 Å². The van der Waals surface area contributed by atoms with E-state index in [1.165, 1.54) is 27.8 Å². The van der Waals surface area contributed by atoms with Gasteiger partial charge in [0.2, 0.25) is 0 Å². The van der Waals surface area contributed by atoms with Crippen molar-refractivity contribution < 1.29 is 0 Å². The summed E-state index contributed by atoms with van der Waals surface area (Å²) < 4.78 is 0. The van der Waals surface area contributed by atoms with Gasteiger partial charge in [0, 0.05) is 24.0 Å². The highest BCUT2D eigenvalue weighted by Gasteiger charge is 2.21. The van der Waals surface area contributed by atoms with Crippen LogP contribution in [0.3, 0.4) is 0 Å². The predicted molar refractivity (Wildman–Crippen MR) is 69.7 cm³/mol.